The number of furan rings is 1. The van der Waals surface area contributed by atoms with Crippen LogP contribution in [0.25, 0.3) is 0 Å². The van der Waals surface area contributed by atoms with Crippen molar-refractivity contribution in [3.63, 3.8) is 0 Å². The number of rotatable bonds is 7. The molecule has 0 aromatic carbocycles. The molecule has 1 N–H and O–H groups in total. The Morgan fingerprint density at radius 2 is 2.32 bits per heavy atom. The van der Waals surface area contributed by atoms with Crippen LogP contribution in [-0.2, 0) is 17.8 Å². The van der Waals surface area contributed by atoms with Crippen LogP contribution < -0.4 is 5.32 Å². The lowest BCUT2D eigenvalue weighted by atomic mass is 10.2. The molecule has 0 amide bonds. The Bertz CT molecular complexity index is 370. The second-order valence-corrected chi connectivity index (χ2v) is 5.74. The summed E-state index contributed by atoms with van der Waals surface area (Å²) in [4.78, 5) is 2.32. The molecule has 2 rings (SSSR count). The Hall–Kier alpha value is -0.840. The van der Waals surface area contributed by atoms with Crippen LogP contribution >= 0.6 is 0 Å². The summed E-state index contributed by atoms with van der Waals surface area (Å²) in [5.74, 6) is 1.05. The van der Waals surface area contributed by atoms with Gasteiger partial charge in [-0.2, -0.15) is 0 Å². The minimum absolute atomic E-state index is 0.411. The second kappa shape index (κ2) is 7.08. The first kappa shape index (κ1) is 14.6. The lowest BCUT2D eigenvalue weighted by molar-refractivity contribution is 0.0791. The molecule has 108 valence electrons. The summed E-state index contributed by atoms with van der Waals surface area (Å²) in [6, 6.07) is 2.55. The van der Waals surface area contributed by atoms with Gasteiger partial charge in [0.2, 0.25) is 0 Å². The van der Waals surface area contributed by atoms with Crippen molar-refractivity contribution in [3.8, 4) is 0 Å². The zero-order valence-electron chi connectivity index (χ0n) is 12.3. The van der Waals surface area contributed by atoms with Crippen molar-refractivity contribution in [2.24, 2.45) is 0 Å². The molecular formula is C15H26N2O2. The molecule has 1 fully saturated rings. The van der Waals surface area contributed by atoms with Gasteiger partial charge in [0.1, 0.15) is 5.76 Å². The predicted octanol–water partition coefficient (Wildman–Crippen LogP) is 2.39. The zero-order chi connectivity index (χ0) is 13.7. The van der Waals surface area contributed by atoms with E-state index in [2.05, 4.69) is 37.2 Å². The van der Waals surface area contributed by atoms with Crippen molar-refractivity contribution in [2.45, 2.75) is 51.9 Å². The lowest BCUT2D eigenvalue weighted by Crippen LogP contribution is -2.29. The molecule has 0 aliphatic carbocycles. The van der Waals surface area contributed by atoms with Gasteiger partial charge >= 0.3 is 0 Å². The van der Waals surface area contributed by atoms with Crippen molar-refractivity contribution >= 4 is 0 Å². The standard InChI is InChI=1S/C15H26N2O2/c1-12(2)16-9-15-13(6-8-19-15)10-17(3)11-14-5-4-7-18-14/h6,8,12,14,16H,4-5,7,9-11H2,1-3H3. The number of nitrogens with one attached hydrogen (secondary N) is 1. The van der Waals surface area contributed by atoms with Gasteiger partial charge in [-0.25, -0.2) is 0 Å². The van der Waals surface area contributed by atoms with Gasteiger partial charge in [0.15, 0.2) is 0 Å². The summed E-state index contributed by atoms with van der Waals surface area (Å²) < 4.78 is 11.2. The zero-order valence-corrected chi connectivity index (χ0v) is 12.3. The van der Waals surface area contributed by atoms with Crippen LogP contribution in [0.4, 0.5) is 0 Å². The van der Waals surface area contributed by atoms with Crippen LogP contribution in [0.5, 0.6) is 0 Å². The molecule has 0 bridgehead atoms. The summed E-state index contributed by atoms with van der Waals surface area (Å²) in [5.41, 5.74) is 1.27. The highest BCUT2D eigenvalue weighted by Gasteiger charge is 2.18. The Kier molecular flexibility index (Phi) is 5.43. The van der Waals surface area contributed by atoms with E-state index in [1.807, 2.05) is 0 Å². The van der Waals surface area contributed by atoms with Crippen molar-refractivity contribution < 1.29 is 9.15 Å². The monoisotopic (exact) mass is 266 g/mol. The van der Waals surface area contributed by atoms with E-state index in [1.54, 1.807) is 6.26 Å². The number of likely N-dealkylation sites (N-methyl/N-ethyl adjacent to an activating group) is 1. The highest BCUT2D eigenvalue weighted by molar-refractivity contribution is 5.16. The average Bonchev–Trinajstić information content (AvgIpc) is 2.98. The highest BCUT2D eigenvalue weighted by atomic mass is 16.5. The van der Waals surface area contributed by atoms with E-state index in [1.165, 1.54) is 18.4 Å². The largest absolute Gasteiger partial charge is 0.468 e. The van der Waals surface area contributed by atoms with Crippen LogP contribution in [0.2, 0.25) is 0 Å². The van der Waals surface area contributed by atoms with Crippen LogP contribution in [0.1, 0.15) is 38.0 Å². The molecule has 4 heteroatoms. The Labute approximate surface area is 116 Å². The van der Waals surface area contributed by atoms with Crippen molar-refractivity contribution in [2.75, 3.05) is 20.2 Å². The van der Waals surface area contributed by atoms with Crippen molar-refractivity contribution in [1.29, 1.82) is 0 Å². The Morgan fingerprint density at radius 3 is 3.00 bits per heavy atom. The number of ether oxygens (including phenoxy) is 1. The van der Waals surface area contributed by atoms with Crippen molar-refractivity contribution in [1.82, 2.24) is 10.2 Å². The van der Waals surface area contributed by atoms with Gasteiger partial charge in [0.05, 0.1) is 18.9 Å². The normalized spacial score (nSPS) is 19.7. The second-order valence-electron chi connectivity index (χ2n) is 5.74. The number of hydrogen-bond acceptors (Lipinski definition) is 4. The minimum Gasteiger partial charge on any atom is -0.468 e. The lowest BCUT2D eigenvalue weighted by Gasteiger charge is -2.20. The van der Waals surface area contributed by atoms with Gasteiger partial charge in [-0.15, -0.1) is 0 Å². The molecule has 4 nitrogen and oxygen atoms in total. The fraction of sp³-hybridized carbons (Fsp3) is 0.733. The van der Waals surface area contributed by atoms with E-state index in [0.29, 0.717) is 12.1 Å². The maximum Gasteiger partial charge on any atom is 0.122 e. The fourth-order valence-corrected chi connectivity index (χ4v) is 2.45. The van der Waals surface area contributed by atoms with E-state index < -0.39 is 0 Å². The smallest absolute Gasteiger partial charge is 0.122 e. The minimum atomic E-state index is 0.411. The summed E-state index contributed by atoms with van der Waals surface area (Å²) in [6.45, 7) is 7.94. The van der Waals surface area contributed by atoms with E-state index >= 15 is 0 Å². The van der Waals surface area contributed by atoms with Crippen LogP contribution in [-0.4, -0.2) is 37.2 Å². The molecule has 1 unspecified atom stereocenters. The Balaban J connectivity index is 1.82. The summed E-state index contributed by atoms with van der Waals surface area (Å²) >= 11 is 0. The van der Waals surface area contributed by atoms with E-state index in [9.17, 15) is 0 Å². The van der Waals surface area contributed by atoms with Gasteiger partial charge in [-0.05, 0) is 26.0 Å². The first-order valence-corrected chi connectivity index (χ1v) is 7.24. The molecule has 0 radical (unpaired) electrons. The summed E-state index contributed by atoms with van der Waals surface area (Å²) in [6.07, 6.45) is 4.59. The maximum absolute atomic E-state index is 5.67. The Morgan fingerprint density at radius 1 is 1.47 bits per heavy atom. The first-order chi connectivity index (χ1) is 9.15. The third-order valence-electron chi connectivity index (χ3n) is 3.49. The topological polar surface area (TPSA) is 37.6 Å². The van der Waals surface area contributed by atoms with Crippen LogP contribution in [0.3, 0.4) is 0 Å². The third-order valence-corrected chi connectivity index (χ3v) is 3.49. The van der Waals surface area contributed by atoms with Gasteiger partial charge in [0.25, 0.3) is 0 Å². The molecule has 1 aromatic rings. The molecule has 0 spiro atoms. The molecule has 1 aromatic heterocycles. The predicted molar refractivity (Wildman–Crippen MR) is 76.0 cm³/mol. The van der Waals surface area contributed by atoms with Crippen LogP contribution in [0.15, 0.2) is 16.7 Å². The van der Waals surface area contributed by atoms with Gasteiger partial charge in [-0.1, -0.05) is 13.8 Å². The summed E-state index contributed by atoms with van der Waals surface area (Å²) in [7, 11) is 2.15. The molecule has 1 atom stereocenters. The molecule has 19 heavy (non-hydrogen) atoms. The van der Waals surface area contributed by atoms with Gasteiger partial charge < -0.3 is 14.5 Å². The van der Waals surface area contributed by atoms with Crippen LogP contribution in [0, 0.1) is 0 Å². The SMILES string of the molecule is CC(C)NCc1occc1CN(C)CC1CCCO1. The maximum atomic E-state index is 5.67. The van der Waals surface area contributed by atoms with Gasteiger partial charge in [-0.3, -0.25) is 4.90 Å². The average molecular weight is 266 g/mol. The van der Waals surface area contributed by atoms with E-state index in [-0.39, 0.29) is 0 Å². The summed E-state index contributed by atoms with van der Waals surface area (Å²) in [5, 5.41) is 3.40. The first-order valence-electron chi connectivity index (χ1n) is 7.24. The van der Waals surface area contributed by atoms with Crippen molar-refractivity contribution in [3.05, 3.63) is 23.7 Å². The molecular weight excluding hydrogens is 240 g/mol. The molecule has 1 aliphatic heterocycles. The number of hydrogen-bond donors (Lipinski definition) is 1. The molecule has 1 aliphatic rings. The van der Waals surface area contributed by atoms with E-state index in [0.717, 1.165) is 32.0 Å². The number of nitrogens with zero attached hydrogens (tertiary/aromatic N) is 1. The quantitative estimate of drug-likeness (QED) is 0.822. The fourth-order valence-electron chi connectivity index (χ4n) is 2.45. The molecule has 1 saturated heterocycles. The van der Waals surface area contributed by atoms with Gasteiger partial charge in [0, 0.05) is 31.3 Å². The van der Waals surface area contributed by atoms with E-state index in [4.69, 9.17) is 9.15 Å². The third kappa shape index (κ3) is 4.64. The highest BCUT2D eigenvalue weighted by Crippen LogP contribution is 2.16. The molecule has 0 saturated carbocycles. The molecule has 2 heterocycles.